The van der Waals surface area contributed by atoms with Gasteiger partial charge in [-0.2, -0.15) is 5.26 Å². The summed E-state index contributed by atoms with van der Waals surface area (Å²) in [6.45, 7) is 0.180. The molecule has 0 atom stereocenters. The van der Waals surface area contributed by atoms with Crippen LogP contribution in [0.5, 0.6) is 0 Å². The van der Waals surface area contributed by atoms with Crippen molar-refractivity contribution in [3.8, 4) is 6.07 Å². The normalized spacial score (nSPS) is 9.50. The predicted octanol–water partition coefficient (Wildman–Crippen LogP) is 1.69. The van der Waals surface area contributed by atoms with E-state index in [1.54, 1.807) is 0 Å². The van der Waals surface area contributed by atoms with Crippen molar-refractivity contribution in [2.45, 2.75) is 6.54 Å². The SMILES string of the molecule is N#Cc1cc([N+](=O)[O-])c(Br)cc1CN. The van der Waals surface area contributed by atoms with Gasteiger partial charge in [0.2, 0.25) is 0 Å². The summed E-state index contributed by atoms with van der Waals surface area (Å²) in [6.07, 6.45) is 0. The molecule has 1 rings (SSSR count). The first-order chi connectivity index (χ1) is 6.60. The van der Waals surface area contributed by atoms with E-state index in [4.69, 9.17) is 11.0 Å². The fourth-order valence-corrected chi connectivity index (χ4v) is 1.55. The molecule has 0 saturated carbocycles. The van der Waals surface area contributed by atoms with Crippen LogP contribution in [0.4, 0.5) is 5.69 Å². The highest BCUT2D eigenvalue weighted by molar-refractivity contribution is 9.10. The van der Waals surface area contributed by atoms with Crippen molar-refractivity contribution < 1.29 is 4.92 Å². The Morgan fingerprint density at radius 2 is 2.29 bits per heavy atom. The van der Waals surface area contributed by atoms with Crippen LogP contribution in [0.3, 0.4) is 0 Å². The Kier molecular flexibility index (Phi) is 3.17. The summed E-state index contributed by atoms with van der Waals surface area (Å²) in [7, 11) is 0. The van der Waals surface area contributed by atoms with Gasteiger partial charge in [0.05, 0.1) is 21.0 Å². The number of nitriles is 1. The number of benzene rings is 1. The number of hydrogen-bond acceptors (Lipinski definition) is 4. The van der Waals surface area contributed by atoms with Crippen LogP contribution in [0.1, 0.15) is 11.1 Å². The molecule has 0 aliphatic carbocycles. The minimum Gasteiger partial charge on any atom is -0.326 e. The molecule has 1 aromatic rings. The molecule has 0 spiro atoms. The van der Waals surface area contributed by atoms with E-state index in [1.807, 2.05) is 6.07 Å². The van der Waals surface area contributed by atoms with Gasteiger partial charge in [-0.1, -0.05) is 0 Å². The lowest BCUT2D eigenvalue weighted by molar-refractivity contribution is -0.385. The molecule has 0 aliphatic heterocycles. The van der Waals surface area contributed by atoms with Crippen LogP contribution in [-0.2, 0) is 6.54 Å². The number of rotatable bonds is 2. The Balaban J connectivity index is 3.40. The molecule has 0 aliphatic rings. The van der Waals surface area contributed by atoms with Crippen molar-refractivity contribution in [3.05, 3.63) is 37.8 Å². The van der Waals surface area contributed by atoms with Crippen LogP contribution in [0.25, 0.3) is 0 Å². The van der Waals surface area contributed by atoms with E-state index in [1.165, 1.54) is 12.1 Å². The van der Waals surface area contributed by atoms with Crippen LogP contribution < -0.4 is 5.73 Å². The summed E-state index contributed by atoms with van der Waals surface area (Å²) in [5, 5.41) is 19.2. The van der Waals surface area contributed by atoms with Gasteiger partial charge in [0.25, 0.3) is 5.69 Å². The molecule has 0 radical (unpaired) electrons. The Morgan fingerprint density at radius 3 is 2.71 bits per heavy atom. The minimum absolute atomic E-state index is 0.126. The van der Waals surface area contributed by atoms with E-state index in [2.05, 4.69) is 15.9 Å². The van der Waals surface area contributed by atoms with Gasteiger partial charge in [0.1, 0.15) is 0 Å². The van der Waals surface area contributed by atoms with Gasteiger partial charge in [-0.3, -0.25) is 10.1 Å². The maximum atomic E-state index is 10.5. The number of nitrogens with two attached hydrogens (primary N) is 1. The molecule has 0 bridgehead atoms. The fraction of sp³-hybridized carbons (Fsp3) is 0.125. The van der Waals surface area contributed by atoms with Crippen molar-refractivity contribution in [1.82, 2.24) is 0 Å². The van der Waals surface area contributed by atoms with E-state index < -0.39 is 4.92 Å². The molecule has 0 heterocycles. The van der Waals surface area contributed by atoms with E-state index in [0.29, 0.717) is 10.0 Å². The average molecular weight is 256 g/mol. The molecule has 6 heteroatoms. The third kappa shape index (κ3) is 1.89. The van der Waals surface area contributed by atoms with Crippen LogP contribution in [0.15, 0.2) is 16.6 Å². The minimum atomic E-state index is -0.550. The summed E-state index contributed by atoms with van der Waals surface area (Å²) in [4.78, 5) is 9.97. The van der Waals surface area contributed by atoms with Gasteiger partial charge >= 0.3 is 0 Å². The zero-order chi connectivity index (χ0) is 10.7. The second kappa shape index (κ2) is 4.17. The Morgan fingerprint density at radius 1 is 1.64 bits per heavy atom. The third-order valence-electron chi connectivity index (χ3n) is 1.71. The molecule has 5 nitrogen and oxygen atoms in total. The zero-order valence-corrected chi connectivity index (χ0v) is 8.61. The number of nitro groups is 1. The molecule has 0 aromatic heterocycles. The second-order valence-corrected chi connectivity index (χ2v) is 3.39. The smallest absolute Gasteiger partial charge is 0.284 e. The molecule has 0 unspecified atom stereocenters. The number of halogens is 1. The number of hydrogen-bond donors (Lipinski definition) is 1. The van der Waals surface area contributed by atoms with Crippen molar-refractivity contribution in [1.29, 1.82) is 5.26 Å². The van der Waals surface area contributed by atoms with Gasteiger partial charge < -0.3 is 5.73 Å². The van der Waals surface area contributed by atoms with Crippen molar-refractivity contribution in [2.75, 3.05) is 0 Å². The average Bonchev–Trinajstić information content (AvgIpc) is 2.16. The first kappa shape index (κ1) is 10.6. The molecule has 72 valence electrons. The van der Waals surface area contributed by atoms with E-state index in [-0.39, 0.29) is 17.8 Å². The van der Waals surface area contributed by atoms with Crippen molar-refractivity contribution in [3.63, 3.8) is 0 Å². The third-order valence-corrected chi connectivity index (χ3v) is 2.34. The maximum Gasteiger partial charge on any atom is 0.284 e. The predicted molar refractivity (Wildman–Crippen MR) is 53.4 cm³/mol. The largest absolute Gasteiger partial charge is 0.326 e. The van der Waals surface area contributed by atoms with Gasteiger partial charge in [-0.05, 0) is 27.6 Å². The van der Waals surface area contributed by atoms with Gasteiger partial charge in [0.15, 0.2) is 0 Å². The highest BCUT2D eigenvalue weighted by atomic mass is 79.9. The lowest BCUT2D eigenvalue weighted by Gasteiger charge is -2.01. The van der Waals surface area contributed by atoms with Crippen LogP contribution >= 0.6 is 15.9 Å². The fourth-order valence-electron chi connectivity index (χ4n) is 1.02. The molecule has 2 N–H and O–H groups in total. The van der Waals surface area contributed by atoms with Gasteiger partial charge in [-0.15, -0.1) is 0 Å². The van der Waals surface area contributed by atoms with Gasteiger partial charge in [0, 0.05) is 12.6 Å². The first-order valence-electron chi connectivity index (χ1n) is 3.67. The first-order valence-corrected chi connectivity index (χ1v) is 4.46. The molecule has 0 amide bonds. The standard InChI is InChI=1S/C8H6BrN3O2/c9-7-1-5(3-10)6(4-11)2-8(7)12(13)14/h1-2H,3,10H2. The number of nitro benzene ring substituents is 1. The summed E-state index contributed by atoms with van der Waals surface area (Å²) in [5.74, 6) is 0. The van der Waals surface area contributed by atoms with Gasteiger partial charge in [-0.25, -0.2) is 0 Å². The molecule has 0 saturated heterocycles. The van der Waals surface area contributed by atoms with E-state index in [9.17, 15) is 10.1 Å². The van der Waals surface area contributed by atoms with Crippen LogP contribution in [-0.4, -0.2) is 4.92 Å². The summed E-state index contributed by atoms with van der Waals surface area (Å²) in [5.41, 5.74) is 6.08. The lowest BCUT2D eigenvalue weighted by atomic mass is 10.1. The number of nitrogens with zero attached hydrogens (tertiary/aromatic N) is 2. The summed E-state index contributed by atoms with van der Waals surface area (Å²) < 4.78 is 0.335. The summed E-state index contributed by atoms with van der Waals surface area (Å²) >= 11 is 3.05. The highest BCUT2D eigenvalue weighted by Crippen LogP contribution is 2.27. The zero-order valence-electron chi connectivity index (χ0n) is 7.03. The lowest BCUT2D eigenvalue weighted by Crippen LogP contribution is -2.01. The van der Waals surface area contributed by atoms with Crippen molar-refractivity contribution in [2.24, 2.45) is 5.73 Å². The van der Waals surface area contributed by atoms with E-state index >= 15 is 0 Å². The molecular formula is C8H6BrN3O2. The summed E-state index contributed by atoms with van der Waals surface area (Å²) in [6, 6.07) is 4.57. The molecule has 0 fully saturated rings. The topological polar surface area (TPSA) is 92.9 Å². The van der Waals surface area contributed by atoms with Crippen LogP contribution in [0, 0.1) is 21.4 Å². The highest BCUT2D eigenvalue weighted by Gasteiger charge is 2.15. The monoisotopic (exact) mass is 255 g/mol. The maximum absolute atomic E-state index is 10.5. The molecule has 14 heavy (non-hydrogen) atoms. The van der Waals surface area contributed by atoms with Crippen molar-refractivity contribution >= 4 is 21.6 Å². The second-order valence-electron chi connectivity index (χ2n) is 2.53. The van der Waals surface area contributed by atoms with E-state index in [0.717, 1.165) is 0 Å². The quantitative estimate of drug-likeness (QED) is 0.643. The van der Waals surface area contributed by atoms with Crippen LogP contribution in [0.2, 0.25) is 0 Å². The Hall–Kier alpha value is -1.45. The Bertz CT molecular complexity index is 425. The molecule has 1 aromatic carbocycles. The Labute approximate surface area is 88.4 Å². The molecular weight excluding hydrogens is 250 g/mol.